The van der Waals surface area contributed by atoms with E-state index in [1.807, 2.05) is 0 Å². The zero-order chi connectivity index (χ0) is 25.0. The van der Waals surface area contributed by atoms with Crippen molar-refractivity contribution < 1.29 is 4.42 Å². The molecule has 6 rings (SSSR count). The van der Waals surface area contributed by atoms with Gasteiger partial charge in [-0.15, -0.1) is 0 Å². The smallest absolute Gasteiger partial charge is 0.143 e. The van der Waals surface area contributed by atoms with Crippen LogP contribution in [-0.4, -0.2) is 0 Å². The van der Waals surface area contributed by atoms with E-state index in [0.29, 0.717) is 0 Å². The van der Waals surface area contributed by atoms with E-state index in [0.717, 1.165) is 17.8 Å². The Morgan fingerprint density at radius 3 is 2.14 bits per heavy atom. The van der Waals surface area contributed by atoms with Gasteiger partial charge < -0.3 is 4.42 Å². The predicted molar refractivity (Wildman–Crippen MR) is 153 cm³/mol. The molecule has 0 fully saturated rings. The molecule has 1 spiro atoms. The summed E-state index contributed by atoms with van der Waals surface area (Å²) in [6.45, 7) is 10.7. The van der Waals surface area contributed by atoms with Gasteiger partial charge in [-0.3, -0.25) is 0 Å². The standard InChI is InChI=1S/C35H32O/c1-6-8-10-11-25-21-35(30-18-17-29-26(12-9-7-2)24(5)36-34(29)33(25)30)31-19-22(3)13-15-27(31)28-16-14-23(4)20-32(28)35/h6,8-21H,7H2,1-5H3/b8-6-,11-10-,12-9-. The maximum Gasteiger partial charge on any atom is 0.143 e. The van der Waals surface area contributed by atoms with Crippen molar-refractivity contribution in [3.8, 4) is 11.1 Å². The number of hydrogen-bond acceptors (Lipinski definition) is 1. The summed E-state index contributed by atoms with van der Waals surface area (Å²) in [7, 11) is 0. The first-order valence-corrected chi connectivity index (χ1v) is 13.0. The molecule has 1 heterocycles. The first kappa shape index (κ1) is 22.6. The highest BCUT2D eigenvalue weighted by molar-refractivity contribution is 6.04. The quantitative estimate of drug-likeness (QED) is 0.272. The molecule has 0 atom stereocenters. The fourth-order valence-electron chi connectivity index (χ4n) is 6.17. The van der Waals surface area contributed by atoms with Crippen molar-refractivity contribution in [2.24, 2.45) is 0 Å². The third-order valence-corrected chi connectivity index (χ3v) is 7.76. The van der Waals surface area contributed by atoms with Crippen LogP contribution in [0.15, 0.2) is 89.4 Å². The van der Waals surface area contributed by atoms with Crippen molar-refractivity contribution in [1.29, 1.82) is 0 Å². The number of furan rings is 1. The summed E-state index contributed by atoms with van der Waals surface area (Å²) in [6, 6.07) is 18.5. The van der Waals surface area contributed by atoms with Gasteiger partial charge in [-0.25, -0.2) is 0 Å². The number of hydrogen-bond donors (Lipinski definition) is 0. The molecule has 178 valence electrons. The normalized spacial score (nSPS) is 15.5. The molecule has 0 saturated carbocycles. The second-order valence-corrected chi connectivity index (χ2v) is 10.1. The van der Waals surface area contributed by atoms with Gasteiger partial charge in [0.25, 0.3) is 0 Å². The van der Waals surface area contributed by atoms with E-state index in [-0.39, 0.29) is 5.41 Å². The maximum atomic E-state index is 6.56. The lowest BCUT2D eigenvalue weighted by Gasteiger charge is -2.27. The Balaban J connectivity index is 1.74. The molecule has 1 nitrogen and oxygen atoms in total. The summed E-state index contributed by atoms with van der Waals surface area (Å²) in [6.07, 6.45) is 16.5. The van der Waals surface area contributed by atoms with Crippen LogP contribution >= 0.6 is 0 Å². The topological polar surface area (TPSA) is 13.1 Å². The van der Waals surface area contributed by atoms with Gasteiger partial charge in [0.1, 0.15) is 11.3 Å². The van der Waals surface area contributed by atoms with Crippen LogP contribution in [0.4, 0.5) is 0 Å². The average molecular weight is 469 g/mol. The Labute approximate surface area is 214 Å². The predicted octanol–water partition coefficient (Wildman–Crippen LogP) is 9.63. The Morgan fingerprint density at radius 1 is 0.806 bits per heavy atom. The van der Waals surface area contributed by atoms with Gasteiger partial charge in [-0.1, -0.05) is 109 Å². The van der Waals surface area contributed by atoms with Gasteiger partial charge in [-0.05, 0) is 67.5 Å². The Bertz CT molecular complexity index is 1600. The molecule has 36 heavy (non-hydrogen) atoms. The molecule has 1 aromatic heterocycles. The number of rotatable bonds is 4. The van der Waals surface area contributed by atoms with Crippen molar-refractivity contribution >= 4 is 22.6 Å². The van der Waals surface area contributed by atoms with Crippen molar-refractivity contribution in [3.63, 3.8) is 0 Å². The largest absolute Gasteiger partial charge is 0.460 e. The molecule has 0 radical (unpaired) electrons. The van der Waals surface area contributed by atoms with Crippen molar-refractivity contribution in [3.05, 3.63) is 130 Å². The van der Waals surface area contributed by atoms with Crippen LogP contribution in [0.1, 0.15) is 65.0 Å². The summed E-state index contributed by atoms with van der Waals surface area (Å²) in [5.74, 6) is 0.972. The molecule has 2 aliphatic rings. The summed E-state index contributed by atoms with van der Waals surface area (Å²) in [5, 5.41) is 1.19. The third kappa shape index (κ3) is 3.09. The lowest BCUT2D eigenvalue weighted by Crippen LogP contribution is -2.22. The van der Waals surface area contributed by atoms with Crippen LogP contribution in [0.5, 0.6) is 0 Å². The molecule has 1 heteroatoms. The first-order chi connectivity index (χ1) is 17.5. The highest BCUT2D eigenvalue weighted by Gasteiger charge is 2.48. The number of fused-ring (bicyclic) bond motifs is 9. The number of aryl methyl sites for hydroxylation is 3. The van der Waals surface area contributed by atoms with Crippen molar-refractivity contribution in [2.75, 3.05) is 0 Å². The van der Waals surface area contributed by atoms with E-state index in [9.17, 15) is 0 Å². The van der Waals surface area contributed by atoms with E-state index < -0.39 is 0 Å². The van der Waals surface area contributed by atoms with Gasteiger partial charge in [0.15, 0.2) is 0 Å². The van der Waals surface area contributed by atoms with Gasteiger partial charge in [0.05, 0.1) is 5.41 Å². The lowest BCUT2D eigenvalue weighted by molar-refractivity contribution is 0.576. The first-order valence-electron chi connectivity index (χ1n) is 13.0. The molecule has 0 unspecified atom stereocenters. The molecule has 0 aliphatic heterocycles. The van der Waals surface area contributed by atoms with Gasteiger partial charge in [-0.2, -0.15) is 0 Å². The van der Waals surface area contributed by atoms with E-state index in [4.69, 9.17) is 4.42 Å². The average Bonchev–Trinajstić information content (AvgIpc) is 3.46. The Hall–Kier alpha value is -3.84. The van der Waals surface area contributed by atoms with E-state index in [1.165, 1.54) is 61.0 Å². The van der Waals surface area contributed by atoms with Crippen LogP contribution in [0.2, 0.25) is 0 Å². The molecule has 4 aromatic rings. The second kappa shape index (κ2) is 8.38. The SMILES string of the molecule is C/C=C\C=C/C1=CC2(c3cc(C)ccc3-c3ccc(C)cc32)c2ccc3c(/C=C\CC)c(C)oc3c21. The van der Waals surface area contributed by atoms with Crippen LogP contribution in [0, 0.1) is 20.8 Å². The molecule has 2 aliphatic carbocycles. The Kier molecular flexibility index (Phi) is 5.26. The Morgan fingerprint density at radius 2 is 1.50 bits per heavy atom. The molecular formula is C35H32O. The lowest BCUT2D eigenvalue weighted by atomic mass is 9.73. The fourth-order valence-corrected chi connectivity index (χ4v) is 6.17. The van der Waals surface area contributed by atoms with Gasteiger partial charge in [0.2, 0.25) is 0 Å². The molecule has 0 bridgehead atoms. The van der Waals surface area contributed by atoms with Crippen LogP contribution in [0.3, 0.4) is 0 Å². The molecule has 0 N–H and O–H groups in total. The van der Waals surface area contributed by atoms with Crippen LogP contribution in [-0.2, 0) is 5.41 Å². The van der Waals surface area contributed by atoms with Gasteiger partial charge >= 0.3 is 0 Å². The minimum absolute atomic E-state index is 0.331. The molecular weight excluding hydrogens is 436 g/mol. The number of benzene rings is 3. The zero-order valence-electron chi connectivity index (χ0n) is 21.8. The van der Waals surface area contributed by atoms with E-state index in [1.54, 1.807) is 0 Å². The zero-order valence-corrected chi connectivity index (χ0v) is 21.8. The minimum atomic E-state index is -0.331. The van der Waals surface area contributed by atoms with Gasteiger partial charge in [0, 0.05) is 16.5 Å². The monoisotopic (exact) mass is 468 g/mol. The minimum Gasteiger partial charge on any atom is -0.460 e. The third-order valence-electron chi connectivity index (χ3n) is 7.76. The summed E-state index contributed by atoms with van der Waals surface area (Å²) >= 11 is 0. The van der Waals surface area contributed by atoms with E-state index in [2.05, 4.69) is 126 Å². The molecule has 3 aromatic carbocycles. The molecule has 0 saturated heterocycles. The van der Waals surface area contributed by atoms with Crippen LogP contribution in [0.25, 0.3) is 33.7 Å². The highest BCUT2D eigenvalue weighted by atomic mass is 16.3. The van der Waals surface area contributed by atoms with Crippen molar-refractivity contribution in [2.45, 2.75) is 46.5 Å². The van der Waals surface area contributed by atoms with Crippen LogP contribution < -0.4 is 0 Å². The number of allylic oxidation sites excluding steroid dienone is 7. The maximum absolute atomic E-state index is 6.56. The fraction of sp³-hybridized carbons (Fsp3) is 0.200. The highest BCUT2D eigenvalue weighted by Crippen LogP contribution is 2.60. The molecule has 0 amide bonds. The van der Waals surface area contributed by atoms with Crippen molar-refractivity contribution in [1.82, 2.24) is 0 Å². The summed E-state index contributed by atoms with van der Waals surface area (Å²) in [5.41, 5.74) is 13.6. The second-order valence-electron chi connectivity index (χ2n) is 10.1. The summed E-state index contributed by atoms with van der Waals surface area (Å²) < 4.78 is 6.56. The van der Waals surface area contributed by atoms with E-state index >= 15 is 0 Å². The summed E-state index contributed by atoms with van der Waals surface area (Å²) in [4.78, 5) is 0.